The van der Waals surface area contributed by atoms with Crippen LogP contribution in [0.3, 0.4) is 0 Å². The van der Waals surface area contributed by atoms with Crippen LogP contribution in [-0.4, -0.2) is 19.6 Å². The average molecular weight is 464 g/mol. The molecule has 1 fully saturated rings. The highest BCUT2D eigenvalue weighted by atomic mass is 35.5. The molecule has 1 amide bonds. The number of hydrogen-bond donors (Lipinski definition) is 1. The second kappa shape index (κ2) is 9.36. The lowest BCUT2D eigenvalue weighted by molar-refractivity contribution is -0.118. The van der Waals surface area contributed by atoms with Gasteiger partial charge in [-0.1, -0.05) is 49.1 Å². The summed E-state index contributed by atoms with van der Waals surface area (Å²) in [4.78, 5) is 12.8. The topological polar surface area (TPSA) is 60.7 Å². The maximum Gasteiger partial charge on any atom is 0.262 e. The van der Waals surface area contributed by atoms with Gasteiger partial charge in [0.2, 0.25) is 0 Å². The Morgan fingerprint density at radius 3 is 2.64 bits per heavy atom. The summed E-state index contributed by atoms with van der Waals surface area (Å²) in [6, 6.07) is 17.1. The number of rotatable bonds is 6. The molecule has 1 N–H and O–H groups in total. The monoisotopic (exact) mass is 463 g/mol. The Hall–Kier alpha value is -3.18. The summed E-state index contributed by atoms with van der Waals surface area (Å²) >= 11 is 6.26. The van der Waals surface area contributed by atoms with Crippen LogP contribution in [0.2, 0.25) is 5.02 Å². The first kappa shape index (κ1) is 21.7. The molecular formula is C27H26ClNO4. The Morgan fingerprint density at radius 2 is 1.82 bits per heavy atom. The lowest BCUT2D eigenvalue weighted by Crippen LogP contribution is -2.21. The van der Waals surface area contributed by atoms with Gasteiger partial charge in [0.05, 0.1) is 12.8 Å². The number of halogens is 1. The first-order chi connectivity index (χ1) is 16.1. The Kier molecular flexibility index (Phi) is 6.14. The standard InChI is InChI=1S/C27H26ClNO4/c1-31-26-14-21-19-9-5-6-10-24(19)33-25(21)15-22(26)29-27(30)16-32-23-12-11-18(28)13-20(23)17-7-3-2-4-8-17/h5-6,9-15,17H,2-4,7-8,16H2,1H3,(H,29,30). The molecule has 3 aromatic carbocycles. The molecule has 0 aliphatic heterocycles. The Bertz CT molecular complexity index is 1310. The number of ether oxygens (including phenoxy) is 2. The van der Waals surface area contributed by atoms with E-state index in [9.17, 15) is 4.79 Å². The maximum absolute atomic E-state index is 12.8. The molecule has 0 unspecified atom stereocenters. The van der Waals surface area contributed by atoms with Crippen LogP contribution in [0.1, 0.15) is 43.6 Å². The number of methoxy groups -OCH3 is 1. The van der Waals surface area contributed by atoms with Crippen molar-refractivity contribution in [3.63, 3.8) is 0 Å². The molecule has 5 nitrogen and oxygen atoms in total. The van der Waals surface area contributed by atoms with Crippen LogP contribution in [0.15, 0.2) is 59.0 Å². The fourth-order valence-corrected chi connectivity index (χ4v) is 4.91. The van der Waals surface area contributed by atoms with Gasteiger partial charge in [0, 0.05) is 21.9 Å². The molecule has 1 aliphatic carbocycles. The summed E-state index contributed by atoms with van der Waals surface area (Å²) in [5.41, 5.74) is 3.11. The minimum atomic E-state index is -0.270. The minimum Gasteiger partial charge on any atom is -0.495 e. The minimum absolute atomic E-state index is 0.108. The van der Waals surface area contributed by atoms with Gasteiger partial charge in [-0.15, -0.1) is 0 Å². The van der Waals surface area contributed by atoms with Crippen LogP contribution < -0.4 is 14.8 Å². The van der Waals surface area contributed by atoms with E-state index in [4.69, 9.17) is 25.5 Å². The van der Waals surface area contributed by atoms with Crippen molar-refractivity contribution in [2.75, 3.05) is 19.0 Å². The molecule has 0 bridgehead atoms. The van der Waals surface area contributed by atoms with Crippen molar-refractivity contribution in [1.82, 2.24) is 0 Å². The number of nitrogens with one attached hydrogen (secondary N) is 1. The fourth-order valence-electron chi connectivity index (χ4n) is 4.73. The van der Waals surface area contributed by atoms with Crippen LogP contribution >= 0.6 is 11.6 Å². The maximum atomic E-state index is 12.8. The molecule has 1 saturated carbocycles. The fraction of sp³-hybridized carbons (Fsp3) is 0.296. The molecule has 1 aromatic heterocycles. The Morgan fingerprint density at radius 1 is 1.00 bits per heavy atom. The largest absolute Gasteiger partial charge is 0.495 e. The number of fused-ring (bicyclic) bond motifs is 3. The van der Waals surface area contributed by atoms with Gasteiger partial charge in [-0.3, -0.25) is 4.79 Å². The zero-order chi connectivity index (χ0) is 22.8. The number of para-hydroxylation sites is 1. The van der Waals surface area contributed by atoms with Gasteiger partial charge >= 0.3 is 0 Å². The van der Waals surface area contributed by atoms with Gasteiger partial charge in [0.1, 0.15) is 22.7 Å². The van der Waals surface area contributed by atoms with Crippen LogP contribution in [0.4, 0.5) is 5.69 Å². The molecule has 5 rings (SSSR count). The smallest absolute Gasteiger partial charge is 0.262 e. The zero-order valence-corrected chi connectivity index (χ0v) is 19.3. The molecule has 0 radical (unpaired) electrons. The third-order valence-corrected chi connectivity index (χ3v) is 6.58. The molecule has 0 atom stereocenters. The highest BCUT2D eigenvalue weighted by Gasteiger charge is 2.21. The molecule has 170 valence electrons. The number of benzene rings is 3. The second-order valence-corrected chi connectivity index (χ2v) is 8.94. The van der Waals surface area contributed by atoms with E-state index in [1.54, 1.807) is 19.2 Å². The summed E-state index contributed by atoms with van der Waals surface area (Å²) in [5, 5.41) is 5.54. The normalized spacial score (nSPS) is 14.5. The highest BCUT2D eigenvalue weighted by Crippen LogP contribution is 2.39. The van der Waals surface area contributed by atoms with Crippen LogP contribution in [0, 0.1) is 0 Å². The lowest BCUT2D eigenvalue weighted by Gasteiger charge is -2.24. The molecule has 1 aliphatic rings. The number of carbonyl (C=O) groups excluding carboxylic acids is 1. The van der Waals surface area contributed by atoms with Crippen LogP contribution in [0.25, 0.3) is 21.9 Å². The SMILES string of the molecule is COc1cc2c(cc1NC(=O)COc1ccc(Cl)cc1C1CCCCC1)oc1ccccc12. The predicted molar refractivity (Wildman–Crippen MR) is 132 cm³/mol. The quantitative estimate of drug-likeness (QED) is 0.325. The number of furan rings is 1. The Balaban J connectivity index is 1.34. The number of carbonyl (C=O) groups is 1. The van der Waals surface area contributed by atoms with Crippen molar-refractivity contribution in [2.45, 2.75) is 38.0 Å². The van der Waals surface area contributed by atoms with Crippen molar-refractivity contribution in [2.24, 2.45) is 0 Å². The summed E-state index contributed by atoms with van der Waals surface area (Å²) in [5.74, 6) is 1.44. The lowest BCUT2D eigenvalue weighted by atomic mass is 9.84. The number of amides is 1. The van der Waals surface area contributed by atoms with Gasteiger partial charge in [-0.25, -0.2) is 0 Å². The first-order valence-corrected chi connectivity index (χ1v) is 11.7. The number of hydrogen-bond acceptors (Lipinski definition) is 4. The van der Waals surface area contributed by atoms with E-state index in [2.05, 4.69) is 5.32 Å². The van der Waals surface area contributed by atoms with Crippen molar-refractivity contribution >= 4 is 45.1 Å². The number of anilines is 1. The van der Waals surface area contributed by atoms with Gasteiger partial charge in [-0.2, -0.15) is 0 Å². The van der Waals surface area contributed by atoms with E-state index in [0.29, 0.717) is 28.0 Å². The summed E-state index contributed by atoms with van der Waals surface area (Å²) in [6.45, 7) is -0.108. The first-order valence-electron chi connectivity index (χ1n) is 11.3. The van der Waals surface area contributed by atoms with Crippen molar-refractivity contribution < 1.29 is 18.7 Å². The van der Waals surface area contributed by atoms with E-state index >= 15 is 0 Å². The second-order valence-electron chi connectivity index (χ2n) is 8.50. The van der Waals surface area contributed by atoms with E-state index in [-0.39, 0.29) is 12.5 Å². The molecule has 33 heavy (non-hydrogen) atoms. The van der Waals surface area contributed by atoms with Gasteiger partial charge in [-0.05, 0) is 54.7 Å². The molecule has 0 saturated heterocycles. The molecule has 6 heteroatoms. The van der Waals surface area contributed by atoms with Crippen molar-refractivity contribution in [1.29, 1.82) is 0 Å². The predicted octanol–water partition coefficient (Wildman–Crippen LogP) is 7.31. The van der Waals surface area contributed by atoms with E-state index in [0.717, 1.165) is 40.5 Å². The summed E-state index contributed by atoms with van der Waals surface area (Å²) < 4.78 is 17.4. The van der Waals surface area contributed by atoms with E-state index in [1.807, 2.05) is 42.5 Å². The molecule has 0 spiro atoms. The third-order valence-electron chi connectivity index (χ3n) is 6.35. The molecular weight excluding hydrogens is 438 g/mol. The highest BCUT2D eigenvalue weighted by molar-refractivity contribution is 6.30. The average Bonchev–Trinajstić information content (AvgIpc) is 3.20. The van der Waals surface area contributed by atoms with E-state index < -0.39 is 0 Å². The van der Waals surface area contributed by atoms with Crippen molar-refractivity contribution in [3.05, 3.63) is 65.2 Å². The summed E-state index contributed by atoms with van der Waals surface area (Å²) in [6.07, 6.45) is 5.94. The Labute approximate surface area is 197 Å². The summed E-state index contributed by atoms with van der Waals surface area (Å²) in [7, 11) is 1.58. The third kappa shape index (κ3) is 4.51. The van der Waals surface area contributed by atoms with Gasteiger partial charge in [0.25, 0.3) is 5.91 Å². The molecule has 4 aromatic rings. The van der Waals surface area contributed by atoms with Gasteiger partial charge in [0.15, 0.2) is 6.61 Å². The van der Waals surface area contributed by atoms with Crippen LogP contribution in [0.5, 0.6) is 11.5 Å². The zero-order valence-electron chi connectivity index (χ0n) is 18.5. The van der Waals surface area contributed by atoms with Crippen molar-refractivity contribution in [3.8, 4) is 11.5 Å². The molecule has 1 heterocycles. The van der Waals surface area contributed by atoms with E-state index in [1.165, 1.54) is 19.3 Å². The van der Waals surface area contributed by atoms with Crippen LogP contribution in [-0.2, 0) is 4.79 Å². The van der Waals surface area contributed by atoms with Gasteiger partial charge < -0.3 is 19.2 Å².